The van der Waals surface area contributed by atoms with Gasteiger partial charge in [0.25, 0.3) is 0 Å². The van der Waals surface area contributed by atoms with Crippen molar-refractivity contribution in [1.82, 2.24) is 14.8 Å². The van der Waals surface area contributed by atoms with Crippen molar-refractivity contribution >= 4 is 0 Å². The summed E-state index contributed by atoms with van der Waals surface area (Å²) < 4.78 is 11.4. The molecule has 5 heteroatoms. The number of ether oxygens (including phenoxy) is 1. The summed E-state index contributed by atoms with van der Waals surface area (Å²) in [5.41, 5.74) is 4.29. The van der Waals surface area contributed by atoms with Gasteiger partial charge < -0.3 is 14.1 Å². The van der Waals surface area contributed by atoms with Gasteiger partial charge in [-0.2, -0.15) is 0 Å². The molecule has 1 saturated heterocycles. The van der Waals surface area contributed by atoms with Gasteiger partial charge in [0, 0.05) is 31.2 Å². The Balaban J connectivity index is 1.80. The van der Waals surface area contributed by atoms with E-state index in [4.69, 9.17) is 14.1 Å². The molecule has 0 saturated carbocycles. The molecule has 0 radical (unpaired) electrons. The van der Waals surface area contributed by atoms with Crippen molar-refractivity contribution in [2.45, 2.75) is 39.8 Å². The number of benzene rings is 1. The van der Waals surface area contributed by atoms with Crippen LogP contribution in [0.3, 0.4) is 0 Å². The van der Waals surface area contributed by atoms with E-state index in [1.807, 2.05) is 19.9 Å². The van der Waals surface area contributed by atoms with Gasteiger partial charge in [-0.25, -0.2) is 4.98 Å². The van der Waals surface area contributed by atoms with E-state index in [1.165, 1.54) is 6.42 Å². The fourth-order valence-corrected chi connectivity index (χ4v) is 3.52. The molecule has 5 nitrogen and oxygen atoms in total. The maximum Gasteiger partial charge on any atom is 0.226 e. The quantitative estimate of drug-likeness (QED) is 0.832. The van der Waals surface area contributed by atoms with E-state index in [2.05, 4.69) is 36.9 Å². The summed E-state index contributed by atoms with van der Waals surface area (Å²) in [5.74, 6) is 2.52. The van der Waals surface area contributed by atoms with Crippen LogP contribution in [0.4, 0.5) is 0 Å². The Morgan fingerprint density at radius 2 is 2.00 bits per heavy atom. The molecule has 3 rings (SSSR count). The van der Waals surface area contributed by atoms with Crippen LogP contribution in [0.1, 0.15) is 29.0 Å². The number of likely N-dealkylation sites (N-methyl/N-ethyl adjacent to an activating group) is 1. The molecule has 0 amide bonds. The van der Waals surface area contributed by atoms with Crippen LogP contribution in [0.15, 0.2) is 16.5 Å². The highest BCUT2D eigenvalue weighted by Crippen LogP contribution is 2.31. The highest BCUT2D eigenvalue weighted by molar-refractivity contribution is 5.62. The molecule has 0 aliphatic carbocycles. The topological polar surface area (TPSA) is 41.7 Å². The van der Waals surface area contributed by atoms with Crippen molar-refractivity contribution in [3.63, 3.8) is 0 Å². The molecule has 0 spiro atoms. The third kappa shape index (κ3) is 3.72. The van der Waals surface area contributed by atoms with Crippen molar-refractivity contribution < 1.29 is 9.15 Å². The van der Waals surface area contributed by atoms with Crippen LogP contribution >= 0.6 is 0 Å². The zero-order chi connectivity index (χ0) is 18.1. The van der Waals surface area contributed by atoms with Crippen LogP contribution in [0.5, 0.6) is 5.75 Å². The minimum absolute atomic E-state index is 0.637. The Morgan fingerprint density at radius 1 is 1.24 bits per heavy atom. The lowest BCUT2D eigenvalue weighted by Gasteiger charge is -2.19. The number of nitrogens with zero attached hydrogens (tertiary/aromatic N) is 3. The molecule has 1 aliphatic heterocycles. The second-order valence-corrected chi connectivity index (χ2v) is 7.30. The van der Waals surface area contributed by atoms with Crippen molar-refractivity contribution in [2.24, 2.45) is 0 Å². The standard InChI is InChI=1S/C20H29N3O2/c1-13-10-19(24-6)14(2)9-17(13)20-21-18(15(3)25-20)12-23-8-7-16(11-23)22(4)5/h9-10,16H,7-8,11-12H2,1-6H3. The van der Waals surface area contributed by atoms with E-state index < -0.39 is 0 Å². The van der Waals surface area contributed by atoms with Gasteiger partial charge in [-0.15, -0.1) is 0 Å². The highest BCUT2D eigenvalue weighted by Gasteiger charge is 2.25. The van der Waals surface area contributed by atoms with Gasteiger partial charge in [0.1, 0.15) is 11.5 Å². The number of hydrogen-bond donors (Lipinski definition) is 0. The van der Waals surface area contributed by atoms with Crippen molar-refractivity contribution in [2.75, 3.05) is 34.3 Å². The minimum atomic E-state index is 0.637. The smallest absolute Gasteiger partial charge is 0.226 e. The summed E-state index contributed by atoms with van der Waals surface area (Å²) in [6.45, 7) is 9.19. The Labute approximate surface area is 150 Å². The number of likely N-dealkylation sites (tertiary alicyclic amines) is 1. The molecule has 136 valence electrons. The molecule has 2 aromatic rings. The molecule has 1 aromatic carbocycles. The molecule has 0 N–H and O–H groups in total. The summed E-state index contributed by atoms with van der Waals surface area (Å²) in [4.78, 5) is 9.58. The van der Waals surface area contributed by atoms with Crippen LogP contribution in [0, 0.1) is 20.8 Å². The molecule has 1 atom stereocenters. The molecular weight excluding hydrogens is 314 g/mol. The van der Waals surface area contributed by atoms with Crippen LogP contribution < -0.4 is 4.74 Å². The molecule has 0 bridgehead atoms. The van der Waals surface area contributed by atoms with Gasteiger partial charge in [0.15, 0.2) is 0 Å². The Hall–Kier alpha value is -1.85. The lowest BCUT2D eigenvalue weighted by atomic mass is 10.0. The molecule has 1 aromatic heterocycles. The number of aromatic nitrogens is 1. The first kappa shape index (κ1) is 18.0. The van der Waals surface area contributed by atoms with Gasteiger partial charge in [-0.05, 0) is 64.5 Å². The Bertz CT molecular complexity index is 752. The molecule has 25 heavy (non-hydrogen) atoms. The number of rotatable bonds is 5. The highest BCUT2D eigenvalue weighted by atomic mass is 16.5. The van der Waals surface area contributed by atoms with E-state index in [0.29, 0.717) is 11.9 Å². The van der Waals surface area contributed by atoms with E-state index in [9.17, 15) is 0 Å². The van der Waals surface area contributed by atoms with Crippen molar-refractivity contribution in [3.05, 3.63) is 34.7 Å². The number of aryl methyl sites for hydroxylation is 3. The summed E-state index contributed by atoms with van der Waals surface area (Å²) in [5, 5.41) is 0. The Morgan fingerprint density at radius 3 is 2.64 bits per heavy atom. The maximum atomic E-state index is 6.01. The normalized spacial score (nSPS) is 18.3. The first-order chi connectivity index (χ1) is 11.9. The van der Waals surface area contributed by atoms with Gasteiger partial charge in [-0.1, -0.05) is 0 Å². The minimum Gasteiger partial charge on any atom is -0.496 e. The molecule has 1 aliphatic rings. The summed E-state index contributed by atoms with van der Waals surface area (Å²) in [6, 6.07) is 4.78. The fraction of sp³-hybridized carbons (Fsp3) is 0.550. The van der Waals surface area contributed by atoms with Crippen LogP contribution in [0.2, 0.25) is 0 Å². The van der Waals surface area contributed by atoms with Crippen LogP contribution in [0.25, 0.3) is 11.5 Å². The van der Waals surface area contributed by atoms with E-state index in [1.54, 1.807) is 7.11 Å². The second-order valence-electron chi connectivity index (χ2n) is 7.30. The van der Waals surface area contributed by atoms with E-state index >= 15 is 0 Å². The number of methoxy groups -OCH3 is 1. The van der Waals surface area contributed by atoms with Gasteiger partial charge >= 0.3 is 0 Å². The third-order valence-corrected chi connectivity index (χ3v) is 5.22. The van der Waals surface area contributed by atoms with Gasteiger partial charge in [0.05, 0.1) is 12.8 Å². The van der Waals surface area contributed by atoms with Gasteiger partial charge in [-0.3, -0.25) is 4.90 Å². The van der Waals surface area contributed by atoms with E-state index in [-0.39, 0.29) is 0 Å². The zero-order valence-corrected chi connectivity index (χ0v) is 16.2. The predicted molar refractivity (Wildman–Crippen MR) is 100 cm³/mol. The first-order valence-corrected chi connectivity index (χ1v) is 8.89. The Kier molecular flexibility index (Phi) is 5.16. The fourth-order valence-electron chi connectivity index (χ4n) is 3.52. The average Bonchev–Trinajstić information content (AvgIpc) is 3.17. The average molecular weight is 343 g/mol. The molecule has 2 heterocycles. The largest absolute Gasteiger partial charge is 0.496 e. The predicted octanol–water partition coefficient (Wildman–Crippen LogP) is 3.41. The van der Waals surface area contributed by atoms with E-state index in [0.717, 1.165) is 53.5 Å². The lowest BCUT2D eigenvalue weighted by Crippen LogP contribution is -2.31. The van der Waals surface area contributed by atoms with Crippen molar-refractivity contribution in [3.8, 4) is 17.2 Å². The SMILES string of the molecule is COc1cc(C)c(-c2nc(CN3CCC(N(C)C)C3)c(C)o2)cc1C. The summed E-state index contributed by atoms with van der Waals surface area (Å²) in [7, 11) is 6.01. The number of oxazole rings is 1. The first-order valence-electron chi connectivity index (χ1n) is 8.89. The van der Waals surface area contributed by atoms with Crippen LogP contribution in [-0.4, -0.2) is 55.1 Å². The third-order valence-electron chi connectivity index (χ3n) is 5.22. The second kappa shape index (κ2) is 7.18. The maximum absolute atomic E-state index is 6.01. The monoisotopic (exact) mass is 343 g/mol. The molecule has 1 unspecified atom stereocenters. The molecular formula is C20H29N3O2. The molecule has 1 fully saturated rings. The van der Waals surface area contributed by atoms with Crippen molar-refractivity contribution in [1.29, 1.82) is 0 Å². The lowest BCUT2D eigenvalue weighted by molar-refractivity contribution is 0.262. The summed E-state index contributed by atoms with van der Waals surface area (Å²) >= 11 is 0. The van der Waals surface area contributed by atoms with Gasteiger partial charge in [0.2, 0.25) is 5.89 Å². The number of hydrogen-bond acceptors (Lipinski definition) is 5. The summed E-state index contributed by atoms with van der Waals surface area (Å²) in [6.07, 6.45) is 1.22. The zero-order valence-electron chi connectivity index (χ0n) is 16.2. The van der Waals surface area contributed by atoms with Crippen LogP contribution in [-0.2, 0) is 6.54 Å².